The minimum absolute atomic E-state index is 0. The summed E-state index contributed by atoms with van der Waals surface area (Å²) >= 11 is 0. The highest BCUT2D eigenvalue weighted by Crippen LogP contribution is 2.30. The molecular formula is C18H26ClN3O2. The van der Waals surface area contributed by atoms with Crippen LogP contribution in [0.15, 0.2) is 30.3 Å². The molecule has 3 unspecified atom stereocenters. The first kappa shape index (κ1) is 18.7. The number of amides is 2. The van der Waals surface area contributed by atoms with E-state index >= 15 is 0 Å². The lowest BCUT2D eigenvalue weighted by Crippen LogP contribution is -2.44. The third-order valence-electron chi connectivity index (χ3n) is 4.90. The average molecular weight is 352 g/mol. The minimum Gasteiger partial charge on any atom is -0.349 e. The first-order chi connectivity index (χ1) is 11.1. The summed E-state index contributed by atoms with van der Waals surface area (Å²) in [5, 5.41) is 6.35. The minimum atomic E-state index is -0.253. The molecule has 2 fully saturated rings. The van der Waals surface area contributed by atoms with E-state index in [4.69, 9.17) is 0 Å². The van der Waals surface area contributed by atoms with Crippen LogP contribution in [0.5, 0.6) is 0 Å². The van der Waals surface area contributed by atoms with E-state index in [1.807, 2.05) is 30.3 Å². The number of benzene rings is 1. The number of fused-ring (bicyclic) bond motifs is 2. The van der Waals surface area contributed by atoms with Crippen molar-refractivity contribution in [1.82, 2.24) is 15.5 Å². The SMILES string of the molecule is CC(=O)NC(CC(=O)N1C2CCNCC1CC2)c1ccccc1.Cl. The van der Waals surface area contributed by atoms with Gasteiger partial charge in [0.05, 0.1) is 12.5 Å². The van der Waals surface area contributed by atoms with Crippen LogP contribution < -0.4 is 10.6 Å². The number of hydrogen-bond acceptors (Lipinski definition) is 3. The fraction of sp³-hybridized carbons (Fsp3) is 0.556. The summed E-state index contributed by atoms with van der Waals surface area (Å²) in [5.41, 5.74) is 0.983. The van der Waals surface area contributed by atoms with E-state index in [2.05, 4.69) is 15.5 Å². The number of carbonyl (C=O) groups is 2. The Morgan fingerprint density at radius 1 is 1.21 bits per heavy atom. The van der Waals surface area contributed by atoms with Crippen molar-refractivity contribution in [3.05, 3.63) is 35.9 Å². The third kappa shape index (κ3) is 4.28. The third-order valence-corrected chi connectivity index (χ3v) is 4.90. The standard InChI is InChI=1S/C18H25N3O2.ClH/c1-13(22)20-17(14-5-3-2-4-6-14)11-18(23)21-15-7-8-16(21)12-19-10-9-15;/h2-6,15-17,19H,7-12H2,1H3,(H,20,22);1H. The van der Waals surface area contributed by atoms with Gasteiger partial charge in [-0.2, -0.15) is 0 Å². The van der Waals surface area contributed by atoms with Crippen LogP contribution in [0.1, 0.15) is 44.2 Å². The molecule has 1 aromatic carbocycles. The van der Waals surface area contributed by atoms with E-state index in [0.717, 1.165) is 37.9 Å². The van der Waals surface area contributed by atoms with E-state index in [-0.39, 0.29) is 30.3 Å². The van der Waals surface area contributed by atoms with Crippen molar-refractivity contribution >= 4 is 24.2 Å². The number of halogens is 1. The molecule has 3 rings (SSSR count). The topological polar surface area (TPSA) is 61.4 Å². The molecule has 2 aliphatic heterocycles. The fourth-order valence-electron chi connectivity index (χ4n) is 3.85. The van der Waals surface area contributed by atoms with Crippen LogP contribution in [0.4, 0.5) is 0 Å². The lowest BCUT2D eigenvalue weighted by Gasteiger charge is -2.30. The van der Waals surface area contributed by atoms with Gasteiger partial charge in [-0.25, -0.2) is 0 Å². The van der Waals surface area contributed by atoms with E-state index < -0.39 is 0 Å². The largest absolute Gasteiger partial charge is 0.349 e. The van der Waals surface area contributed by atoms with Crippen LogP contribution >= 0.6 is 12.4 Å². The molecule has 5 nitrogen and oxygen atoms in total. The van der Waals surface area contributed by atoms with Crippen molar-refractivity contribution in [3.63, 3.8) is 0 Å². The predicted octanol–water partition coefficient (Wildman–Crippen LogP) is 2.03. The number of rotatable bonds is 4. The van der Waals surface area contributed by atoms with Crippen LogP contribution in [-0.2, 0) is 9.59 Å². The van der Waals surface area contributed by atoms with Gasteiger partial charge in [-0.3, -0.25) is 9.59 Å². The Morgan fingerprint density at radius 2 is 1.92 bits per heavy atom. The van der Waals surface area contributed by atoms with Crippen molar-refractivity contribution in [2.45, 2.75) is 50.7 Å². The Kier molecular flexibility index (Phi) is 6.63. The first-order valence-electron chi connectivity index (χ1n) is 8.49. The zero-order chi connectivity index (χ0) is 16.2. The normalized spacial score (nSPS) is 23.8. The second kappa shape index (κ2) is 8.49. The summed E-state index contributed by atoms with van der Waals surface area (Å²) in [6.07, 6.45) is 3.54. The number of hydrogen-bond donors (Lipinski definition) is 2. The zero-order valence-corrected chi connectivity index (χ0v) is 14.8. The average Bonchev–Trinajstić information content (AvgIpc) is 2.80. The number of nitrogens with zero attached hydrogens (tertiary/aromatic N) is 1. The van der Waals surface area contributed by atoms with Crippen LogP contribution in [0.3, 0.4) is 0 Å². The first-order valence-corrected chi connectivity index (χ1v) is 8.49. The van der Waals surface area contributed by atoms with Crippen molar-refractivity contribution in [2.75, 3.05) is 13.1 Å². The molecule has 2 saturated heterocycles. The number of carbonyl (C=O) groups excluding carboxylic acids is 2. The Morgan fingerprint density at radius 3 is 2.62 bits per heavy atom. The second-order valence-corrected chi connectivity index (χ2v) is 6.55. The smallest absolute Gasteiger partial charge is 0.225 e. The molecular weight excluding hydrogens is 326 g/mol. The molecule has 6 heteroatoms. The van der Waals surface area contributed by atoms with Gasteiger partial charge in [0.1, 0.15) is 0 Å². The van der Waals surface area contributed by atoms with Gasteiger partial charge in [-0.05, 0) is 31.4 Å². The van der Waals surface area contributed by atoms with Crippen molar-refractivity contribution in [2.24, 2.45) is 0 Å². The molecule has 132 valence electrons. The molecule has 0 spiro atoms. The van der Waals surface area contributed by atoms with Gasteiger partial charge in [0.15, 0.2) is 0 Å². The molecule has 0 radical (unpaired) electrons. The molecule has 0 aromatic heterocycles. The molecule has 2 bridgehead atoms. The van der Waals surface area contributed by atoms with Crippen molar-refractivity contribution in [1.29, 1.82) is 0 Å². The second-order valence-electron chi connectivity index (χ2n) is 6.55. The molecule has 3 atom stereocenters. The van der Waals surface area contributed by atoms with Gasteiger partial charge in [-0.15, -0.1) is 12.4 Å². The Balaban J connectivity index is 0.00000208. The summed E-state index contributed by atoms with van der Waals surface area (Å²) in [5.74, 6) is 0.0518. The van der Waals surface area contributed by atoms with Gasteiger partial charge >= 0.3 is 0 Å². The Bertz CT molecular complexity index is 553. The van der Waals surface area contributed by atoms with Gasteiger partial charge in [0, 0.05) is 25.6 Å². The van der Waals surface area contributed by atoms with Crippen molar-refractivity contribution < 1.29 is 9.59 Å². The summed E-state index contributed by atoms with van der Waals surface area (Å²) in [4.78, 5) is 26.5. The molecule has 0 aliphatic carbocycles. The highest BCUT2D eigenvalue weighted by Gasteiger charge is 2.38. The van der Waals surface area contributed by atoms with E-state index in [9.17, 15) is 9.59 Å². The van der Waals surface area contributed by atoms with Crippen LogP contribution in [0.2, 0.25) is 0 Å². The number of nitrogens with one attached hydrogen (secondary N) is 2. The van der Waals surface area contributed by atoms with Crippen LogP contribution in [-0.4, -0.2) is 41.9 Å². The van der Waals surface area contributed by atoms with Crippen LogP contribution in [0, 0.1) is 0 Å². The van der Waals surface area contributed by atoms with Gasteiger partial charge < -0.3 is 15.5 Å². The van der Waals surface area contributed by atoms with Gasteiger partial charge in [0.2, 0.25) is 11.8 Å². The van der Waals surface area contributed by atoms with E-state index in [1.54, 1.807) is 0 Å². The maximum Gasteiger partial charge on any atom is 0.225 e. The Hall–Kier alpha value is -1.59. The fourth-order valence-corrected chi connectivity index (χ4v) is 3.85. The Labute approximate surface area is 149 Å². The van der Waals surface area contributed by atoms with E-state index in [1.165, 1.54) is 6.92 Å². The summed E-state index contributed by atoms with van der Waals surface area (Å²) < 4.78 is 0. The summed E-state index contributed by atoms with van der Waals surface area (Å²) in [7, 11) is 0. The summed E-state index contributed by atoms with van der Waals surface area (Å²) in [6, 6.07) is 10.2. The molecule has 2 N–H and O–H groups in total. The maximum atomic E-state index is 12.9. The van der Waals surface area contributed by atoms with Gasteiger partial charge in [0.25, 0.3) is 0 Å². The molecule has 1 aromatic rings. The highest BCUT2D eigenvalue weighted by molar-refractivity contribution is 5.85. The van der Waals surface area contributed by atoms with Crippen LogP contribution in [0.25, 0.3) is 0 Å². The maximum absolute atomic E-state index is 12.9. The monoisotopic (exact) mass is 351 g/mol. The lowest BCUT2D eigenvalue weighted by molar-refractivity contribution is -0.134. The molecule has 0 saturated carbocycles. The zero-order valence-electron chi connectivity index (χ0n) is 14.0. The predicted molar refractivity (Wildman–Crippen MR) is 96.0 cm³/mol. The highest BCUT2D eigenvalue weighted by atomic mass is 35.5. The summed E-state index contributed by atoms with van der Waals surface area (Å²) in [6.45, 7) is 3.37. The quantitative estimate of drug-likeness (QED) is 0.872. The molecule has 2 aliphatic rings. The van der Waals surface area contributed by atoms with E-state index in [0.29, 0.717) is 18.5 Å². The van der Waals surface area contributed by atoms with Gasteiger partial charge in [-0.1, -0.05) is 30.3 Å². The molecule has 2 amide bonds. The molecule has 2 heterocycles. The lowest BCUT2D eigenvalue weighted by atomic mass is 10.0. The molecule has 24 heavy (non-hydrogen) atoms. The van der Waals surface area contributed by atoms with Crippen molar-refractivity contribution in [3.8, 4) is 0 Å².